The third-order valence-corrected chi connectivity index (χ3v) is 4.98. The molecule has 2 bridgehead atoms. The summed E-state index contributed by atoms with van der Waals surface area (Å²) in [5.74, 6) is 3.55. The van der Waals surface area contributed by atoms with Crippen molar-refractivity contribution in [2.45, 2.75) is 57.8 Å². The summed E-state index contributed by atoms with van der Waals surface area (Å²) >= 11 is 5.62. The lowest BCUT2D eigenvalue weighted by Crippen LogP contribution is -2.28. The van der Waals surface area contributed by atoms with Crippen LogP contribution in [0.2, 0.25) is 0 Å². The van der Waals surface area contributed by atoms with Crippen molar-refractivity contribution in [3.63, 3.8) is 0 Å². The lowest BCUT2D eigenvalue weighted by Gasteiger charge is -2.20. The lowest BCUT2D eigenvalue weighted by molar-refractivity contribution is -0.122. The molecule has 104 valence electrons. The molecule has 2 rings (SSSR count). The molecule has 0 aromatic heterocycles. The molecule has 0 aliphatic heterocycles. The van der Waals surface area contributed by atoms with Crippen molar-refractivity contribution in [2.75, 3.05) is 12.4 Å². The highest BCUT2D eigenvalue weighted by atomic mass is 35.5. The van der Waals surface area contributed by atoms with Gasteiger partial charge in [-0.1, -0.05) is 19.3 Å². The van der Waals surface area contributed by atoms with Crippen molar-refractivity contribution >= 4 is 17.5 Å². The first-order chi connectivity index (χ1) is 8.79. The van der Waals surface area contributed by atoms with E-state index in [1.54, 1.807) is 0 Å². The molecule has 3 unspecified atom stereocenters. The third kappa shape index (κ3) is 4.15. The Morgan fingerprint density at radius 3 is 2.61 bits per heavy atom. The Bertz CT molecular complexity index is 269. The third-order valence-electron chi connectivity index (χ3n) is 4.71. The zero-order valence-corrected chi connectivity index (χ0v) is 12.1. The molecular formula is C15H26ClNO. The van der Waals surface area contributed by atoms with Gasteiger partial charge < -0.3 is 5.32 Å². The van der Waals surface area contributed by atoms with E-state index < -0.39 is 0 Å². The molecule has 2 nitrogen and oxygen atoms in total. The van der Waals surface area contributed by atoms with Crippen LogP contribution in [-0.4, -0.2) is 18.3 Å². The molecule has 1 N–H and O–H groups in total. The Hall–Kier alpha value is -0.240. The van der Waals surface area contributed by atoms with Crippen LogP contribution >= 0.6 is 11.6 Å². The summed E-state index contributed by atoms with van der Waals surface area (Å²) in [4.78, 5) is 11.8. The number of hydrogen-bond donors (Lipinski definition) is 1. The van der Waals surface area contributed by atoms with Crippen LogP contribution in [0.4, 0.5) is 0 Å². The van der Waals surface area contributed by atoms with Gasteiger partial charge in [-0.15, -0.1) is 11.6 Å². The molecule has 3 heteroatoms. The maximum atomic E-state index is 11.8. The smallest absolute Gasteiger partial charge is 0.220 e. The molecule has 2 aliphatic carbocycles. The van der Waals surface area contributed by atoms with Crippen LogP contribution in [0.25, 0.3) is 0 Å². The van der Waals surface area contributed by atoms with E-state index in [4.69, 9.17) is 11.6 Å². The van der Waals surface area contributed by atoms with Gasteiger partial charge in [0.25, 0.3) is 0 Å². The zero-order chi connectivity index (χ0) is 12.8. The second-order valence-corrected chi connectivity index (χ2v) is 6.47. The van der Waals surface area contributed by atoms with Gasteiger partial charge in [0.2, 0.25) is 5.91 Å². The number of amides is 1. The number of carbonyl (C=O) groups excluding carboxylic acids is 1. The van der Waals surface area contributed by atoms with Crippen LogP contribution < -0.4 is 5.32 Å². The number of carbonyl (C=O) groups is 1. The van der Waals surface area contributed by atoms with Gasteiger partial charge in [0.15, 0.2) is 0 Å². The Morgan fingerprint density at radius 1 is 1.11 bits per heavy atom. The van der Waals surface area contributed by atoms with Crippen molar-refractivity contribution in [2.24, 2.45) is 17.8 Å². The van der Waals surface area contributed by atoms with E-state index in [0.717, 1.165) is 43.5 Å². The summed E-state index contributed by atoms with van der Waals surface area (Å²) < 4.78 is 0. The van der Waals surface area contributed by atoms with E-state index in [0.29, 0.717) is 5.92 Å². The van der Waals surface area contributed by atoms with Crippen molar-refractivity contribution in [3.05, 3.63) is 0 Å². The fourth-order valence-electron chi connectivity index (χ4n) is 3.74. The molecule has 0 aromatic rings. The highest BCUT2D eigenvalue weighted by Gasteiger charge is 2.39. The fourth-order valence-corrected chi connectivity index (χ4v) is 3.93. The topological polar surface area (TPSA) is 29.1 Å². The first-order valence-electron chi connectivity index (χ1n) is 7.62. The molecule has 0 saturated heterocycles. The number of unbranched alkanes of at least 4 members (excludes halogenated alkanes) is 3. The van der Waals surface area contributed by atoms with Crippen molar-refractivity contribution < 1.29 is 4.79 Å². The van der Waals surface area contributed by atoms with Crippen molar-refractivity contribution in [3.8, 4) is 0 Å². The molecule has 0 aromatic carbocycles. The minimum Gasteiger partial charge on any atom is -0.356 e. The number of nitrogens with one attached hydrogen (secondary N) is 1. The number of hydrogen-bond acceptors (Lipinski definition) is 1. The van der Waals surface area contributed by atoms with E-state index in [1.807, 2.05) is 0 Å². The maximum absolute atomic E-state index is 11.8. The standard InChI is InChI=1S/C15H26ClNO/c16-7-3-1-2-4-8-17-15(18)11-14-10-12-5-6-13(14)9-12/h12-14H,1-11H2,(H,17,18). The van der Waals surface area contributed by atoms with Gasteiger partial charge in [0.1, 0.15) is 0 Å². The first-order valence-corrected chi connectivity index (χ1v) is 8.15. The van der Waals surface area contributed by atoms with Gasteiger partial charge in [-0.3, -0.25) is 4.79 Å². The van der Waals surface area contributed by atoms with Gasteiger partial charge in [-0.2, -0.15) is 0 Å². The van der Waals surface area contributed by atoms with Crippen LogP contribution in [-0.2, 0) is 4.79 Å². The summed E-state index contributed by atoms with van der Waals surface area (Å²) in [5.41, 5.74) is 0. The van der Waals surface area contributed by atoms with E-state index >= 15 is 0 Å². The lowest BCUT2D eigenvalue weighted by atomic mass is 9.86. The predicted molar refractivity (Wildman–Crippen MR) is 75.8 cm³/mol. The van der Waals surface area contributed by atoms with Gasteiger partial charge >= 0.3 is 0 Å². The molecule has 0 radical (unpaired) electrons. The van der Waals surface area contributed by atoms with Crippen LogP contribution in [0.3, 0.4) is 0 Å². The SMILES string of the molecule is O=C(CC1CC2CCC1C2)NCCCCCCCl. The van der Waals surface area contributed by atoms with Crippen molar-refractivity contribution in [1.82, 2.24) is 5.32 Å². The number of rotatable bonds is 8. The average Bonchev–Trinajstić information content (AvgIpc) is 2.95. The minimum atomic E-state index is 0.282. The van der Waals surface area contributed by atoms with E-state index in [2.05, 4.69) is 5.32 Å². The molecule has 0 spiro atoms. The van der Waals surface area contributed by atoms with Crippen LogP contribution in [0, 0.1) is 17.8 Å². The number of fused-ring (bicyclic) bond motifs is 2. The summed E-state index contributed by atoms with van der Waals surface area (Å²) in [5, 5.41) is 3.07. The van der Waals surface area contributed by atoms with Gasteiger partial charge in [-0.25, -0.2) is 0 Å². The quantitative estimate of drug-likeness (QED) is 0.529. The molecule has 2 aliphatic rings. The van der Waals surface area contributed by atoms with Crippen LogP contribution in [0.15, 0.2) is 0 Å². The Morgan fingerprint density at radius 2 is 1.94 bits per heavy atom. The summed E-state index contributed by atoms with van der Waals surface area (Å²) in [6.45, 7) is 0.849. The largest absolute Gasteiger partial charge is 0.356 e. The summed E-state index contributed by atoms with van der Waals surface area (Å²) in [6, 6.07) is 0. The normalized spacial score (nSPS) is 29.7. The van der Waals surface area contributed by atoms with Crippen LogP contribution in [0.5, 0.6) is 0 Å². The Labute approximate surface area is 116 Å². The molecule has 2 fully saturated rings. The highest BCUT2D eigenvalue weighted by molar-refractivity contribution is 6.17. The number of halogens is 1. The van der Waals surface area contributed by atoms with Gasteiger partial charge in [-0.05, 0) is 49.9 Å². The maximum Gasteiger partial charge on any atom is 0.220 e. The van der Waals surface area contributed by atoms with E-state index in [-0.39, 0.29) is 5.91 Å². The van der Waals surface area contributed by atoms with E-state index in [1.165, 1.54) is 38.5 Å². The second kappa shape index (κ2) is 7.37. The summed E-state index contributed by atoms with van der Waals surface area (Å²) in [6.07, 6.45) is 10.9. The molecule has 2 saturated carbocycles. The highest BCUT2D eigenvalue weighted by Crippen LogP contribution is 2.49. The summed E-state index contributed by atoms with van der Waals surface area (Å²) in [7, 11) is 0. The fraction of sp³-hybridized carbons (Fsp3) is 0.933. The Kier molecular flexibility index (Phi) is 5.81. The van der Waals surface area contributed by atoms with Gasteiger partial charge in [0.05, 0.1) is 0 Å². The van der Waals surface area contributed by atoms with E-state index in [9.17, 15) is 4.79 Å². The molecular weight excluding hydrogens is 246 g/mol. The predicted octanol–water partition coefficient (Wildman–Crippen LogP) is 3.73. The Balaban J connectivity index is 1.50. The average molecular weight is 272 g/mol. The first kappa shape index (κ1) is 14.2. The van der Waals surface area contributed by atoms with Gasteiger partial charge in [0, 0.05) is 18.8 Å². The van der Waals surface area contributed by atoms with Crippen LogP contribution in [0.1, 0.15) is 57.8 Å². The zero-order valence-electron chi connectivity index (χ0n) is 11.3. The molecule has 1 amide bonds. The number of alkyl halides is 1. The molecule has 18 heavy (non-hydrogen) atoms. The molecule has 0 heterocycles. The molecule has 3 atom stereocenters. The second-order valence-electron chi connectivity index (χ2n) is 6.09. The minimum absolute atomic E-state index is 0.282. The van der Waals surface area contributed by atoms with Crippen molar-refractivity contribution in [1.29, 1.82) is 0 Å². The monoisotopic (exact) mass is 271 g/mol.